The molecule has 0 aliphatic heterocycles. The van der Waals surface area contributed by atoms with Gasteiger partial charge in [-0.2, -0.15) is 0 Å². The summed E-state index contributed by atoms with van der Waals surface area (Å²) in [6.07, 6.45) is 3.01. The first-order chi connectivity index (χ1) is 3.72. The van der Waals surface area contributed by atoms with Gasteiger partial charge in [0.05, 0.1) is 6.20 Å². The van der Waals surface area contributed by atoms with E-state index in [9.17, 15) is 0 Å². The molecule has 0 fully saturated rings. The molecule has 0 amide bonds. The van der Waals surface area contributed by atoms with Crippen molar-refractivity contribution in [1.82, 2.24) is 4.98 Å². The zero-order chi connectivity index (χ0) is 6.15. The van der Waals surface area contributed by atoms with Crippen LogP contribution >= 0.6 is 0 Å². The van der Waals surface area contributed by atoms with Crippen LogP contribution < -0.4 is 0 Å². The van der Waals surface area contributed by atoms with Gasteiger partial charge in [-0.05, 0) is 31.9 Å². The average Bonchev–Trinajstić information content (AvgIpc) is 1.98. The Balaban J connectivity index is 3.19. The van der Waals surface area contributed by atoms with Gasteiger partial charge in [0.15, 0.2) is 0 Å². The Hall–Kier alpha value is -0.720. The van der Waals surface area contributed by atoms with Crippen molar-refractivity contribution in [2.24, 2.45) is 0 Å². The monoisotopic (exact) mass is 108 g/mol. The van der Waals surface area contributed by atoms with Crippen LogP contribution in [0.15, 0.2) is 0 Å². The Morgan fingerprint density at radius 1 is 1.25 bits per heavy atom. The third-order valence-corrected chi connectivity index (χ3v) is 1.56. The predicted molar refractivity (Wildman–Crippen MR) is 33.8 cm³/mol. The van der Waals surface area contributed by atoms with Crippen molar-refractivity contribution in [2.45, 2.75) is 20.8 Å². The molecule has 8 heavy (non-hydrogen) atoms. The van der Waals surface area contributed by atoms with E-state index in [1.807, 2.05) is 0 Å². The summed E-state index contributed by atoms with van der Waals surface area (Å²) in [4.78, 5) is 3.01. The molecule has 0 aliphatic carbocycles. The van der Waals surface area contributed by atoms with Gasteiger partial charge in [-0.25, -0.2) is 0 Å². The molecule has 1 aromatic heterocycles. The molecule has 1 nitrogen and oxygen atoms in total. The smallest absolute Gasteiger partial charge is 0.0656 e. The lowest BCUT2D eigenvalue weighted by molar-refractivity contribution is 1.22. The van der Waals surface area contributed by atoms with Gasteiger partial charge >= 0.3 is 0 Å². The first-order valence-electron chi connectivity index (χ1n) is 2.75. The van der Waals surface area contributed by atoms with Crippen LogP contribution in [0.2, 0.25) is 0 Å². The van der Waals surface area contributed by atoms with Gasteiger partial charge < -0.3 is 4.98 Å². The van der Waals surface area contributed by atoms with Crippen LogP contribution in [0.5, 0.6) is 0 Å². The molecule has 43 valence electrons. The fourth-order valence-electron chi connectivity index (χ4n) is 0.656. The van der Waals surface area contributed by atoms with Crippen LogP contribution in [0.3, 0.4) is 0 Å². The number of hydrogen-bond donors (Lipinski definition) is 1. The minimum Gasteiger partial charge on any atom is -0.357 e. The van der Waals surface area contributed by atoms with E-state index in [4.69, 9.17) is 0 Å². The van der Waals surface area contributed by atoms with Gasteiger partial charge in [-0.15, -0.1) is 0 Å². The lowest BCUT2D eigenvalue weighted by Crippen LogP contribution is -1.73. The van der Waals surface area contributed by atoms with Crippen LogP contribution in [0.4, 0.5) is 0 Å². The summed E-state index contributed by atoms with van der Waals surface area (Å²) in [7, 11) is 0. The van der Waals surface area contributed by atoms with Crippen molar-refractivity contribution >= 4 is 0 Å². The van der Waals surface area contributed by atoms with Crippen LogP contribution in [0.1, 0.15) is 16.8 Å². The van der Waals surface area contributed by atoms with E-state index in [2.05, 4.69) is 32.0 Å². The van der Waals surface area contributed by atoms with Gasteiger partial charge in [0.1, 0.15) is 0 Å². The topological polar surface area (TPSA) is 15.8 Å². The highest BCUT2D eigenvalue weighted by molar-refractivity contribution is 5.25. The maximum Gasteiger partial charge on any atom is 0.0656 e. The van der Waals surface area contributed by atoms with Gasteiger partial charge in [-0.1, -0.05) is 0 Å². The molecule has 0 aliphatic rings. The van der Waals surface area contributed by atoms with E-state index in [1.165, 1.54) is 16.8 Å². The number of H-pyrrole nitrogens is 1. The summed E-state index contributed by atoms with van der Waals surface area (Å²) in [5.74, 6) is 0. The lowest BCUT2D eigenvalue weighted by Gasteiger charge is -1.86. The minimum absolute atomic E-state index is 1.22. The molecule has 1 rings (SSSR count). The first kappa shape index (κ1) is 5.42. The van der Waals surface area contributed by atoms with Gasteiger partial charge in [-0.3, -0.25) is 0 Å². The molecule has 0 spiro atoms. The van der Waals surface area contributed by atoms with Crippen molar-refractivity contribution in [3.8, 4) is 0 Å². The fraction of sp³-hybridized carbons (Fsp3) is 0.429. The Bertz CT molecular complexity index is 167. The molecule has 0 unspecified atom stereocenters. The second-order valence-electron chi connectivity index (χ2n) is 2.12. The van der Waals surface area contributed by atoms with Crippen molar-refractivity contribution in [1.29, 1.82) is 0 Å². The van der Waals surface area contributed by atoms with Crippen LogP contribution in [-0.4, -0.2) is 4.98 Å². The highest BCUT2D eigenvalue weighted by Gasteiger charge is 1.95. The zero-order valence-electron chi connectivity index (χ0n) is 5.50. The number of hydrogen-bond acceptors (Lipinski definition) is 0. The number of aryl methyl sites for hydroxylation is 2. The molecule has 1 heterocycles. The Kier molecular flexibility index (Phi) is 1.12. The zero-order valence-corrected chi connectivity index (χ0v) is 5.50. The molecule has 1 radical (unpaired) electrons. The molecule has 0 aromatic carbocycles. The standard InChI is InChI=1S/C7H10N/c1-5-4-8-7(3)6(5)2/h8H,1-3H3. The summed E-state index contributed by atoms with van der Waals surface area (Å²) >= 11 is 0. The molecule has 0 saturated heterocycles. The maximum absolute atomic E-state index is 3.01. The molecule has 1 heteroatoms. The quantitative estimate of drug-likeness (QED) is 0.521. The van der Waals surface area contributed by atoms with E-state index in [0.29, 0.717) is 0 Å². The Morgan fingerprint density at radius 3 is 2.00 bits per heavy atom. The van der Waals surface area contributed by atoms with E-state index in [1.54, 1.807) is 0 Å². The van der Waals surface area contributed by atoms with Gasteiger partial charge in [0.25, 0.3) is 0 Å². The highest BCUT2D eigenvalue weighted by atomic mass is 14.7. The summed E-state index contributed by atoms with van der Waals surface area (Å²) in [5.41, 5.74) is 3.77. The summed E-state index contributed by atoms with van der Waals surface area (Å²) in [6, 6.07) is 0. The van der Waals surface area contributed by atoms with Gasteiger partial charge in [0.2, 0.25) is 0 Å². The molecule has 0 atom stereocenters. The molecule has 1 N–H and O–H groups in total. The second-order valence-corrected chi connectivity index (χ2v) is 2.12. The van der Waals surface area contributed by atoms with Gasteiger partial charge in [0, 0.05) is 5.69 Å². The van der Waals surface area contributed by atoms with Crippen LogP contribution in [0.25, 0.3) is 0 Å². The Labute approximate surface area is 49.7 Å². The van der Waals surface area contributed by atoms with E-state index < -0.39 is 0 Å². The Morgan fingerprint density at radius 2 is 1.88 bits per heavy atom. The molecular formula is C7H10N. The van der Waals surface area contributed by atoms with E-state index in [0.717, 1.165) is 0 Å². The van der Waals surface area contributed by atoms with Crippen molar-refractivity contribution < 1.29 is 0 Å². The third-order valence-electron chi connectivity index (χ3n) is 1.56. The number of aromatic amines is 1. The number of nitrogens with one attached hydrogen (secondary N) is 1. The summed E-state index contributed by atoms with van der Waals surface area (Å²) in [6.45, 7) is 6.20. The minimum atomic E-state index is 1.22. The van der Waals surface area contributed by atoms with Crippen LogP contribution in [0, 0.1) is 27.0 Å². The molecule has 0 saturated carbocycles. The average molecular weight is 108 g/mol. The second kappa shape index (κ2) is 1.66. The lowest BCUT2D eigenvalue weighted by atomic mass is 10.2. The summed E-state index contributed by atoms with van der Waals surface area (Å²) in [5, 5.41) is 0. The van der Waals surface area contributed by atoms with Crippen molar-refractivity contribution in [3.05, 3.63) is 23.0 Å². The molecule has 1 aromatic rings. The van der Waals surface area contributed by atoms with E-state index >= 15 is 0 Å². The molecule has 0 bridgehead atoms. The highest BCUT2D eigenvalue weighted by Crippen LogP contribution is 2.07. The first-order valence-corrected chi connectivity index (χ1v) is 2.75. The number of aromatic nitrogens is 1. The molecular weight excluding hydrogens is 98.1 g/mol. The van der Waals surface area contributed by atoms with Crippen molar-refractivity contribution in [3.63, 3.8) is 0 Å². The maximum atomic E-state index is 3.01. The van der Waals surface area contributed by atoms with E-state index in [-0.39, 0.29) is 0 Å². The summed E-state index contributed by atoms with van der Waals surface area (Å²) < 4.78 is 0. The van der Waals surface area contributed by atoms with Crippen LogP contribution in [-0.2, 0) is 0 Å². The normalized spacial score (nSPS) is 9.88. The SMILES string of the molecule is Cc1[c][nH]c(C)c1C. The van der Waals surface area contributed by atoms with Crippen molar-refractivity contribution in [2.75, 3.05) is 0 Å². The largest absolute Gasteiger partial charge is 0.357 e. The third kappa shape index (κ3) is 0.641. The number of rotatable bonds is 0. The predicted octanol–water partition coefficient (Wildman–Crippen LogP) is 1.74. The fourth-order valence-corrected chi connectivity index (χ4v) is 0.656.